The van der Waals surface area contributed by atoms with Crippen LogP contribution < -0.4 is 39.4 Å². The molecule has 0 N–H and O–H groups in total. The van der Waals surface area contributed by atoms with Crippen molar-refractivity contribution < 1.29 is 53.8 Å². The van der Waals surface area contributed by atoms with Gasteiger partial charge in [-0.05, 0) is 27.6 Å². The number of carbonyl (C=O) groups is 3. The van der Waals surface area contributed by atoms with E-state index in [1.165, 1.54) is 12.1 Å². The molecule has 0 saturated carbocycles. The van der Waals surface area contributed by atoms with Gasteiger partial charge in [0.05, 0.1) is 16.0 Å². The summed E-state index contributed by atoms with van der Waals surface area (Å²) in [5.74, 6) is -2.40. The van der Waals surface area contributed by atoms with Crippen molar-refractivity contribution in [1.29, 1.82) is 0 Å². The Kier molecular flexibility index (Phi) is 6.39. The number of rotatable bonds is 4. The second-order valence-corrected chi connectivity index (χ2v) is 7.10. The van der Waals surface area contributed by atoms with Gasteiger partial charge in [-0.3, -0.25) is 9.59 Å². The van der Waals surface area contributed by atoms with Gasteiger partial charge in [-0.25, -0.2) is 0 Å². The largest absolute Gasteiger partial charge is 1.00 e. The molecule has 0 aliphatic heterocycles. The van der Waals surface area contributed by atoms with E-state index in [1.807, 2.05) is 30.3 Å². The molecule has 4 rings (SSSR count). The molecule has 0 heterocycles. The number of fused-ring (bicyclic) bond motifs is 2. The molecule has 29 heavy (non-hydrogen) atoms. The van der Waals surface area contributed by atoms with E-state index in [2.05, 4.69) is 15.9 Å². The summed E-state index contributed by atoms with van der Waals surface area (Å²) in [6, 6.07) is 16.9. The Morgan fingerprint density at radius 1 is 0.897 bits per heavy atom. The van der Waals surface area contributed by atoms with Crippen molar-refractivity contribution in [2.24, 2.45) is 0 Å². The van der Waals surface area contributed by atoms with Gasteiger partial charge in [0.15, 0.2) is 11.6 Å². The Morgan fingerprint density at radius 3 is 2.03 bits per heavy atom. The van der Waals surface area contributed by atoms with E-state index >= 15 is 0 Å². The van der Waals surface area contributed by atoms with E-state index in [9.17, 15) is 19.5 Å². The fourth-order valence-corrected chi connectivity index (χ4v) is 3.81. The van der Waals surface area contributed by atoms with Gasteiger partial charge in [-0.2, -0.15) is 0 Å². The van der Waals surface area contributed by atoms with E-state index in [0.29, 0.717) is 0 Å². The topological polar surface area (TPSA) is 83.5 Å². The van der Waals surface area contributed by atoms with Crippen LogP contribution >= 0.6 is 15.9 Å². The molecule has 0 saturated heterocycles. The van der Waals surface area contributed by atoms with Crippen LogP contribution in [-0.2, 0) is 6.61 Å². The van der Waals surface area contributed by atoms with Gasteiger partial charge in [0.2, 0.25) is 0 Å². The Hall–Kier alpha value is -2.25. The number of carboxylic acids is 1. The second kappa shape index (κ2) is 8.63. The van der Waals surface area contributed by atoms with E-state index in [1.54, 1.807) is 18.2 Å². The first-order chi connectivity index (χ1) is 13.5. The van der Waals surface area contributed by atoms with E-state index in [-0.39, 0.29) is 74.2 Å². The van der Waals surface area contributed by atoms with Crippen molar-refractivity contribution in [3.63, 3.8) is 0 Å². The number of halogens is 1. The molecule has 0 aromatic heterocycles. The van der Waals surface area contributed by atoms with Crippen LogP contribution in [-0.4, -0.2) is 17.5 Å². The standard InChI is InChI=1S/C22H13BrO5.Na/c23-16-10-15(22(26)27)17-18(21(16)28-11-12-6-2-1-3-7-12)20(25)14-9-5-4-8-13(14)19(17)24;/h1-10H,11H2,(H,26,27);/q;+1/p-1. The van der Waals surface area contributed by atoms with Crippen molar-refractivity contribution >= 4 is 33.5 Å². The van der Waals surface area contributed by atoms with Gasteiger partial charge in [0.25, 0.3) is 0 Å². The molecule has 1 aliphatic rings. The van der Waals surface area contributed by atoms with Gasteiger partial charge in [0, 0.05) is 22.3 Å². The molecular weight excluding hydrogens is 447 g/mol. The van der Waals surface area contributed by atoms with E-state index in [4.69, 9.17) is 4.74 Å². The molecule has 3 aromatic carbocycles. The maximum Gasteiger partial charge on any atom is 1.00 e. The van der Waals surface area contributed by atoms with Crippen LogP contribution in [0.3, 0.4) is 0 Å². The third-order valence-corrected chi connectivity index (χ3v) is 5.14. The Balaban J connectivity index is 0.00000240. The second-order valence-electron chi connectivity index (χ2n) is 6.25. The molecular formula is C22H12BrNaO5. The summed E-state index contributed by atoms with van der Waals surface area (Å²) in [7, 11) is 0. The SMILES string of the molecule is O=C([O-])c1cc(Br)c(OCc2ccccc2)c2c1C(=O)c1ccccc1C2=O.[Na+]. The van der Waals surface area contributed by atoms with Crippen molar-refractivity contribution in [3.05, 3.63) is 98.5 Å². The summed E-state index contributed by atoms with van der Waals surface area (Å²) in [5.41, 5.74) is 0.637. The molecule has 0 amide bonds. The van der Waals surface area contributed by atoms with Gasteiger partial charge in [-0.15, -0.1) is 0 Å². The van der Waals surface area contributed by atoms with Gasteiger partial charge in [0.1, 0.15) is 12.4 Å². The maximum absolute atomic E-state index is 13.1. The van der Waals surface area contributed by atoms with Crippen LogP contribution in [0, 0.1) is 0 Å². The first kappa shape index (κ1) is 21.5. The number of carbonyl (C=O) groups excluding carboxylic acids is 3. The van der Waals surface area contributed by atoms with E-state index in [0.717, 1.165) is 5.56 Å². The third-order valence-electron chi connectivity index (χ3n) is 4.55. The zero-order valence-corrected chi connectivity index (χ0v) is 19.0. The fraction of sp³-hybridized carbons (Fsp3) is 0.0455. The van der Waals surface area contributed by atoms with Crippen molar-refractivity contribution in [1.82, 2.24) is 0 Å². The summed E-state index contributed by atoms with van der Waals surface area (Å²) in [6.45, 7) is 0.152. The van der Waals surface area contributed by atoms with Gasteiger partial charge >= 0.3 is 29.6 Å². The number of ketones is 2. The number of carboxylic acid groups (broad SMARTS) is 1. The normalized spacial score (nSPS) is 11.9. The fourth-order valence-electron chi connectivity index (χ4n) is 3.26. The zero-order chi connectivity index (χ0) is 19.8. The Morgan fingerprint density at radius 2 is 1.45 bits per heavy atom. The first-order valence-electron chi connectivity index (χ1n) is 8.42. The molecule has 7 heteroatoms. The zero-order valence-electron chi connectivity index (χ0n) is 15.4. The molecule has 0 bridgehead atoms. The number of hydrogen-bond donors (Lipinski definition) is 0. The van der Waals surface area contributed by atoms with E-state index < -0.39 is 17.5 Å². The quantitative estimate of drug-likeness (QED) is 0.407. The summed E-state index contributed by atoms with van der Waals surface area (Å²) in [5, 5.41) is 11.6. The molecule has 138 valence electrons. The minimum Gasteiger partial charge on any atom is -0.545 e. The molecule has 0 spiro atoms. The van der Waals surface area contributed by atoms with Crippen molar-refractivity contribution in [2.45, 2.75) is 6.61 Å². The minimum absolute atomic E-state index is 0. The summed E-state index contributed by atoms with van der Waals surface area (Å²) < 4.78 is 6.12. The smallest absolute Gasteiger partial charge is 0.545 e. The first-order valence-corrected chi connectivity index (χ1v) is 9.21. The average molecular weight is 459 g/mol. The van der Waals surface area contributed by atoms with Gasteiger partial charge in [-0.1, -0.05) is 54.6 Å². The molecule has 1 aliphatic carbocycles. The summed E-state index contributed by atoms with van der Waals surface area (Å²) in [4.78, 5) is 37.8. The number of ether oxygens (including phenoxy) is 1. The maximum atomic E-state index is 13.1. The summed E-state index contributed by atoms with van der Waals surface area (Å²) >= 11 is 3.28. The van der Waals surface area contributed by atoms with Gasteiger partial charge < -0.3 is 14.6 Å². The van der Waals surface area contributed by atoms with Crippen LogP contribution in [0.1, 0.15) is 47.8 Å². The Labute approximate surface area is 197 Å². The van der Waals surface area contributed by atoms with Crippen LogP contribution in [0.4, 0.5) is 0 Å². The molecule has 0 radical (unpaired) electrons. The van der Waals surface area contributed by atoms with Crippen LogP contribution in [0.15, 0.2) is 65.1 Å². The van der Waals surface area contributed by atoms with Crippen LogP contribution in [0.2, 0.25) is 0 Å². The Bertz CT molecular complexity index is 1140. The summed E-state index contributed by atoms with van der Waals surface area (Å²) in [6.07, 6.45) is 0. The average Bonchev–Trinajstić information content (AvgIpc) is 2.71. The number of hydrogen-bond acceptors (Lipinski definition) is 5. The van der Waals surface area contributed by atoms with Crippen molar-refractivity contribution in [3.8, 4) is 5.75 Å². The van der Waals surface area contributed by atoms with Crippen LogP contribution in [0.25, 0.3) is 0 Å². The monoisotopic (exact) mass is 458 g/mol. The number of aromatic carboxylic acids is 1. The molecule has 0 unspecified atom stereocenters. The predicted octanol–water partition coefficient (Wildman–Crippen LogP) is 0.171. The molecule has 0 atom stereocenters. The van der Waals surface area contributed by atoms with Crippen molar-refractivity contribution in [2.75, 3.05) is 0 Å². The predicted molar refractivity (Wildman–Crippen MR) is 103 cm³/mol. The molecule has 5 nitrogen and oxygen atoms in total. The third kappa shape index (κ3) is 3.81. The molecule has 3 aromatic rings. The minimum atomic E-state index is -1.54. The molecule has 0 fully saturated rings. The number of benzene rings is 3. The van der Waals surface area contributed by atoms with Crippen LogP contribution in [0.5, 0.6) is 5.75 Å².